The van der Waals surface area contributed by atoms with Gasteiger partial charge in [0.05, 0.1) is 19.2 Å². The zero-order valence-electron chi connectivity index (χ0n) is 23.4. The summed E-state index contributed by atoms with van der Waals surface area (Å²) < 4.78 is 26.9. The first-order valence-electron chi connectivity index (χ1n) is 14.4. The highest BCUT2D eigenvalue weighted by atomic mass is 19.1. The van der Waals surface area contributed by atoms with Crippen molar-refractivity contribution in [1.82, 2.24) is 9.88 Å². The Morgan fingerprint density at radius 1 is 1.15 bits per heavy atom. The predicted molar refractivity (Wildman–Crippen MR) is 151 cm³/mol. The Hall–Kier alpha value is -3.45. The van der Waals surface area contributed by atoms with Crippen LogP contribution in [0.3, 0.4) is 0 Å². The number of pyridine rings is 1. The van der Waals surface area contributed by atoms with E-state index in [-0.39, 0.29) is 17.8 Å². The molecule has 2 aliphatic heterocycles. The van der Waals surface area contributed by atoms with E-state index in [0.29, 0.717) is 23.4 Å². The van der Waals surface area contributed by atoms with Crippen LogP contribution in [0, 0.1) is 17.7 Å². The van der Waals surface area contributed by atoms with Crippen molar-refractivity contribution in [3.8, 4) is 22.8 Å². The number of carboxylic acids is 1. The summed E-state index contributed by atoms with van der Waals surface area (Å²) in [5.74, 6) is 0.107. The molecule has 0 spiro atoms. The van der Waals surface area contributed by atoms with Crippen molar-refractivity contribution in [1.29, 1.82) is 0 Å². The number of carbonyl (C=O) groups is 1. The van der Waals surface area contributed by atoms with Crippen LogP contribution >= 0.6 is 0 Å². The van der Waals surface area contributed by atoms with Crippen LogP contribution in [0.15, 0.2) is 48.7 Å². The molecule has 2 aromatic carbocycles. The topological polar surface area (TPSA) is 71.9 Å². The Kier molecular flexibility index (Phi) is 7.26. The molecule has 1 saturated heterocycles. The highest BCUT2D eigenvalue weighted by molar-refractivity contribution is 5.71. The fourth-order valence-electron chi connectivity index (χ4n) is 6.37. The SMILES string of the molecule is COc1cc(-c2ccc(C3CCc4ccc(C(C5CC5)[C@H](C)C(=O)O)cc4O3)cc2CN2CCC2C)c(F)cn1. The van der Waals surface area contributed by atoms with Crippen LogP contribution in [0.2, 0.25) is 0 Å². The standard InChI is InChI=1S/C33H37FN2O4/c1-19-12-13-36(19)18-25-14-23(8-10-26(25)27-16-31(39-3)35-17-28(27)34)29-11-9-21-4-7-24(15-30(21)40-29)32(22-5-6-22)20(2)33(37)38/h4,7-8,10,14-17,19-20,22,29,32H,5-6,9,11-13,18H2,1-3H3,(H,37,38)/t19?,20-,29?,32?/m0/s1. The molecule has 1 saturated carbocycles. The van der Waals surface area contributed by atoms with Crippen LogP contribution in [-0.2, 0) is 17.8 Å². The van der Waals surface area contributed by atoms with E-state index in [4.69, 9.17) is 9.47 Å². The van der Waals surface area contributed by atoms with E-state index in [2.05, 4.69) is 41.1 Å². The van der Waals surface area contributed by atoms with Gasteiger partial charge in [0.25, 0.3) is 0 Å². The molecule has 3 unspecified atom stereocenters. The molecule has 0 radical (unpaired) electrons. The second-order valence-electron chi connectivity index (χ2n) is 11.7. The van der Waals surface area contributed by atoms with E-state index in [1.807, 2.05) is 19.1 Å². The number of hydrogen-bond acceptors (Lipinski definition) is 5. The van der Waals surface area contributed by atoms with Gasteiger partial charge in [-0.3, -0.25) is 9.69 Å². The molecule has 40 heavy (non-hydrogen) atoms. The minimum Gasteiger partial charge on any atom is -0.485 e. The average molecular weight is 545 g/mol. The van der Waals surface area contributed by atoms with Crippen molar-refractivity contribution >= 4 is 5.97 Å². The molecule has 2 fully saturated rings. The van der Waals surface area contributed by atoms with Gasteiger partial charge in [-0.25, -0.2) is 9.37 Å². The van der Waals surface area contributed by atoms with Crippen molar-refractivity contribution in [2.24, 2.45) is 11.8 Å². The quantitative estimate of drug-likeness (QED) is 0.321. The third-order valence-corrected chi connectivity index (χ3v) is 9.14. The number of likely N-dealkylation sites (tertiary alicyclic amines) is 1. The second kappa shape index (κ2) is 10.8. The summed E-state index contributed by atoms with van der Waals surface area (Å²) in [6.45, 7) is 5.80. The molecule has 1 aromatic heterocycles. The number of fused-ring (bicyclic) bond motifs is 1. The molecule has 3 aliphatic rings. The van der Waals surface area contributed by atoms with Gasteiger partial charge in [-0.15, -0.1) is 0 Å². The first kappa shape index (κ1) is 26.8. The minimum atomic E-state index is -0.749. The first-order valence-corrected chi connectivity index (χ1v) is 14.4. The van der Waals surface area contributed by atoms with Gasteiger partial charge in [-0.2, -0.15) is 0 Å². The lowest BCUT2D eigenvalue weighted by atomic mass is 9.82. The van der Waals surface area contributed by atoms with Gasteiger partial charge in [-0.05, 0) is 84.7 Å². The van der Waals surface area contributed by atoms with E-state index in [1.165, 1.54) is 19.7 Å². The van der Waals surface area contributed by atoms with Crippen LogP contribution in [0.4, 0.5) is 4.39 Å². The fraction of sp³-hybridized carbons (Fsp3) is 0.455. The molecule has 0 bridgehead atoms. The monoisotopic (exact) mass is 544 g/mol. The number of aromatic nitrogens is 1. The maximum absolute atomic E-state index is 15.0. The molecule has 1 aliphatic carbocycles. The first-order chi connectivity index (χ1) is 19.3. The van der Waals surface area contributed by atoms with Gasteiger partial charge < -0.3 is 14.6 Å². The summed E-state index contributed by atoms with van der Waals surface area (Å²) in [5, 5.41) is 9.73. The number of methoxy groups -OCH3 is 1. The number of halogens is 1. The number of hydrogen-bond donors (Lipinski definition) is 1. The number of benzene rings is 2. The van der Waals surface area contributed by atoms with E-state index < -0.39 is 11.9 Å². The number of nitrogens with zero attached hydrogens (tertiary/aromatic N) is 2. The normalized spacial score (nSPS) is 22.0. The van der Waals surface area contributed by atoms with E-state index >= 15 is 0 Å². The van der Waals surface area contributed by atoms with Gasteiger partial charge in [-0.1, -0.05) is 37.3 Å². The maximum atomic E-state index is 15.0. The molecule has 0 amide bonds. The number of rotatable bonds is 9. The van der Waals surface area contributed by atoms with E-state index in [9.17, 15) is 14.3 Å². The summed E-state index contributed by atoms with van der Waals surface area (Å²) in [6, 6.07) is 14.7. The Balaban J connectivity index is 1.31. The highest BCUT2D eigenvalue weighted by Gasteiger charge is 2.39. The predicted octanol–water partition coefficient (Wildman–Crippen LogP) is 6.77. The second-order valence-corrected chi connectivity index (χ2v) is 11.7. The van der Waals surface area contributed by atoms with Crippen molar-refractivity contribution in [3.63, 3.8) is 0 Å². The molecular formula is C33H37FN2O4. The van der Waals surface area contributed by atoms with Crippen molar-refractivity contribution in [2.75, 3.05) is 13.7 Å². The van der Waals surface area contributed by atoms with Gasteiger partial charge >= 0.3 is 5.97 Å². The van der Waals surface area contributed by atoms with E-state index in [0.717, 1.165) is 72.3 Å². The van der Waals surface area contributed by atoms with Gasteiger partial charge in [0.2, 0.25) is 5.88 Å². The largest absolute Gasteiger partial charge is 0.485 e. The fourth-order valence-corrected chi connectivity index (χ4v) is 6.37. The molecule has 6 nitrogen and oxygen atoms in total. The van der Waals surface area contributed by atoms with Crippen LogP contribution in [-0.4, -0.2) is 40.7 Å². The summed E-state index contributed by atoms with van der Waals surface area (Å²) >= 11 is 0. The van der Waals surface area contributed by atoms with Gasteiger partial charge in [0.15, 0.2) is 0 Å². The molecular weight excluding hydrogens is 507 g/mol. The average Bonchev–Trinajstić information content (AvgIpc) is 3.80. The van der Waals surface area contributed by atoms with Crippen LogP contribution in [0.1, 0.15) is 73.8 Å². The molecule has 3 heterocycles. The summed E-state index contributed by atoms with van der Waals surface area (Å²) in [7, 11) is 1.54. The summed E-state index contributed by atoms with van der Waals surface area (Å²) in [4.78, 5) is 18.3. The van der Waals surface area contributed by atoms with Crippen LogP contribution < -0.4 is 9.47 Å². The minimum absolute atomic E-state index is 0.00317. The van der Waals surface area contributed by atoms with Gasteiger partial charge in [0.1, 0.15) is 17.7 Å². The Morgan fingerprint density at radius 3 is 2.65 bits per heavy atom. The molecule has 7 heteroatoms. The number of carboxylic acid groups (broad SMARTS) is 1. The number of ether oxygens (including phenoxy) is 2. The lowest BCUT2D eigenvalue weighted by Gasteiger charge is -2.39. The van der Waals surface area contributed by atoms with Crippen molar-refractivity contribution in [2.45, 2.75) is 70.6 Å². The molecule has 1 N–H and O–H groups in total. The van der Waals surface area contributed by atoms with Crippen LogP contribution in [0.5, 0.6) is 11.6 Å². The molecule has 3 aromatic rings. The summed E-state index contributed by atoms with van der Waals surface area (Å²) in [6.07, 6.45) is 6.16. The highest BCUT2D eigenvalue weighted by Crippen LogP contribution is 2.48. The zero-order chi connectivity index (χ0) is 28.0. The van der Waals surface area contributed by atoms with Crippen molar-refractivity contribution < 1.29 is 23.8 Å². The zero-order valence-corrected chi connectivity index (χ0v) is 23.4. The Morgan fingerprint density at radius 2 is 1.98 bits per heavy atom. The lowest BCUT2D eigenvalue weighted by molar-refractivity contribution is -0.142. The van der Waals surface area contributed by atoms with Crippen molar-refractivity contribution in [3.05, 3.63) is 76.7 Å². The molecule has 210 valence electrons. The molecule has 6 rings (SSSR count). The lowest BCUT2D eigenvalue weighted by Crippen LogP contribution is -2.44. The van der Waals surface area contributed by atoms with Gasteiger partial charge in [0, 0.05) is 30.8 Å². The van der Waals surface area contributed by atoms with E-state index in [1.54, 1.807) is 6.07 Å². The van der Waals surface area contributed by atoms with Crippen LogP contribution in [0.25, 0.3) is 11.1 Å². The number of aliphatic carboxylic acids is 1. The third-order valence-electron chi connectivity index (χ3n) is 9.14. The Labute approximate surface area is 235 Å². The maximum Gasteiger partial charge on any atom is 0.306 e. The third kappa shape index (κ3) is 5.19. The number of aryl methyl sites for hydroxylation is 1. The molecule has 4 atom stereocenters. The smallest absolute Gasteiger partial charge is 0.306 e. The summed E-state index contributed by atoms with van der Waals surface area (Å²) in [5.41, 5.74) is 5.68. The Bertz CT molecular complexity index is 1420.